The van der Waals surface area contributed by atoms with Crippen molar-refractivity contribution in [3.05, 3.63) is 0 Å². The summed E-state index contributed by atoms with van der Waals surface area (Å²) in [5, 5.41) is 0. The quantitative estimate of drug-likeness (QED) is 0.403. The van der Waals surface area contributed by atoms with E-state index in [1.54, 1.807) is 6.92 Å². The summed E-state index contributed by atoms with van der Waals surface area (Å²) in [4.78, 5) is 10.9. The van der Waals surface area contributed by atoms with Crippen LogP contribution in [0.15, 0.2) is 0 Å². The topological polar surface area (TPSA) is 44.8 Å². The van der Waals surface area contributed by atoms with Gasteiger partial charge in [-0.05, 0) is 12.3 Å². The highest BCUT2D eigenvalue weighted by Crippen LogP contribution is 2.19. The Morgan fingerprint density at radius 2 is 2.20 bits per heavy atom. The van der Waals surface area contributed by atoms with Gasteiger partial charge in [-0.15, -0.1) is 4.39 Å². The van der Waals surface area contributed by atoms with Crippen LogP contribution in [-0.4, -0.2) is 25.7 Å². The first-order valence-electron chi connectivity index (χ1n) is 4.57. The predicted molar refractivity (Wildman–Crippen MR) is 51.6 cm³/mol. The van der Waals surface area contributed by atoms with Crippen LogP contribution in [-0.2, 0) is 14.2 Å². The molecule has 0 heterocycles. The normalized spacial score (nSPS) is 13.3. The van der Waals surface area contributed by atoms with Crippen LogP contribution in [0.1, 0.15) is 26.7 Å². The van der Waals surface area contributed by atoms with Gasteiger partial charge in [-0.3, -0.25) is 0 Å². The van der Waals surface area contributed by atoms with Crippen LogP contribution in [0.25, 0.3) is 0 Å². The number of ether oxygens (including phenoxy) is 3. The second kappa shape index (κ2) is 7.07. The molecule has 4 nitrogen and oxygen atoms in total. The molecular weight excluding hydrogens is 203 g/mol. The lowest BCUT2D eigenvalue weighted by atomic mass is 10.2. The summed E-state index contributed by atoms with van der Waals surface area (Å²) in [6, 6.07) is 0. The number of carbonyl (C=O) groups is 1. The molecule has 0 aromatic carbocycles. The third kappa shape index (κ3) is 5.92. The minimum absolute atomic E-state index is 0.135. The van der Waals surface area contributed by atoms with Crippen molar-refractivity contribution in [2.75, 3.05) is 13.7 Å². The van der Waals surface area contributed by atoms with Gasteiger partial charge in [0.05, 0.1) is 7.11 Å². The molecule has 0 aliphatic rings. The maximum atomic E-state index is 11.5. The van der Waals surface area contributed by atoms with E-state index in [1.165, 1.54) is 13.3 Å². The first kappa shape index (κ1) is 13.7. The maximum Gasteiger partial charge on any atom is 0.510 e. The summed E-state index contributed by atoms with van der Waals surface area (Å²) in [6.45, 7) is 3.35. The molecule has 0 rings (SSSR count). The molecule has 15 heavy (non-hydrogen) atoms. The average molecular weight is 218 g/mol. The number of rotatable bonds is 5. The third-order valence-electron chi connectivity index (χ3n) is 1.69. The Balaban J connectivity index is 4.27. The molecule has 86 valence electrons. The average Bonchev–Trinajstić information content (AvgIpc) is 2.18. The Hall–Kier alpha value is -1.28. The van der Waals surface area contributed by atoms with Crippen molar-refractivity contribution < 1.29 is 23.4 Å². The fraction of sp³-hybridized carbons (Fsp3) is 0.700. The first-order chi connectivity index (χ1) is 7.08. The van der Waals surface area contributed by atoms with Crippen molar-refractivity contribution in [2.24, 2.45) is 0 Å². The summed E-state index contributed by atoms with van der Waals surface area (Å²) in [5.41, 5.74) is 0. The molecule has 0 aromatic rings. The van der Waals surface area contributed by atoms with Crippen LogP contribution in [0.5, 0.6) is 0 Å². The fourth-order valence-corrected chi connectivity index (χ4v) is 1.04. The Labute approximate surface area is 88.7 Å². The number of methoxy groups -OCH3 is 1. The van der Waals surface area contributed by atoms with Gasteiger partial charge in [-0.1, -0.05) is 6.92 Å². The molecule has 1 unspecified atom stereocenters. The largest absolute Gasteiger partial charge is 0.510 e. The van der Waals surface area contributed by atoms with Crippen molar-refractivity contribution in [3.63, 3.8) is 0 Å². The number of hydrogen-bond donors (Lipinski definition) is 0. The van der Waals surface area contributed by atoms with Crippen LogP contribution in [0, 0.1) is 12.1 Å². The minimum Gasteiger partial charge on any atom is -0.438 e. The Morgan fingerprint density at radius 3 is 2.67 bits per heavy atom. The van der Waals surface area contributed by atoms with Gasteiger partial charge in [0.1, 0.15) is 12.8 Å². The van der Waals surface area contributed by atoms with Gasteiger partial charge < -0.3 is 14.2 Å². The molecule has 0 fully saturated rings. The number of carbonyl (C=O) groups excluding carboxylic acids is 1. The molecule has 0 radical (unpaired) electrons. The summed E-state index contributed by atoms with van der Waals surface area (Å²) >= 11 is 0. The third-order valence-corrected chi connectivity index (χ3v) is 1.69. The van der Waals surface area contributed by atoms with Gasteiger partial charge in [-0.2, -0.15) is 0 Å². The number of halogens is 1. The highest BCUT2D eigenvalue weighted by atomic mass is 19.1. The summed E-state index contributed by atoms with van der Waals surface area (Å²) < 4.78 is 25.9. The standard InChI is InChI=1S/C10H15FO4/c1-4-6-10(2,14-8-5-7-11)15-9(12)13-3/h4,6,8H2,1-3H3. The van der Waals surface area contributed by atoms with Gasteiger partial charge in [0.2, 0.25) is 5.79 Å². The van der Waals surface area contributed by atoms with Crippen molar-refractivity contribution in [2.45, 2.75) is 32.5 Å². The second-order valence-corrected chi connectivity index (χ2v) is 3.00. The van der Waals surface area contributed by atoms with E-state index >= 15 is 0 Å². The van der Waals surface area contributed by atoms with Gasteiger partial charge >= 0.3 is 6.16 Å². The van der Waals surface area contributed by atoms with Crippen LogP contribution < -0.4 is 0 Å². The Morgan fingerprint density at radius 1 is 1.53 bits per heavy atom. The monoisotopic (exact) mass is 218 g/mol. The SMILES string of the molecule is CCCC(C)(OCC#CF)OC(=O)OC. The van der Waals surface area contributed by atoms with E-state index in [9.17, 15) is 9.18 Å². The summed E-state index contributed by atoms with van der Waals surface area (Å²) in [6.07, 6.45) is 1.60. The van der Waals surface area contributed by atoms with Crippen LogP contribution in [0.4, 0.5) is 9.18 Å². The summed E-state index contributed by atoms with van der Waals surface area (Å²) in [7, 11) is 1.20. The van der Waals surface area contributed by atoms with E-state index < -0.39 is 11.9 Å². The molecule has 0 aromatic heterocycles. The molecule has 0 aliphatic heterocycles. The smallest absolute Gasteiger partial charge is 0.438 e. The molecule has 0 aliphatic carbocycles. The molecule has 0 saturated heterocycles. The molecule has 1 atom stereocenters. The zero-order valence-corrected chi connectivity index (χ0v) is 9.13. The van der Waals surface area contributed by atoms with Crippen molar-refractivity contribution in [1.29, 1.82) is 0 Å². The lowest BCUT2D eigenvalue weighted by Crippen LogP contribution is -2.35. The fourth-order valence-electron chi connectivity index (χ4n) is 1.04. The van der Waals surface area contributed by atoms with E-state index in [0.717, 1.165) is 6.42 Å². The zero-order valence-electron chi connectivity index (χ0n) is 9.13. The molecular formula is C10H15FO4. The van der Waals surface area contributed by atoms with Gasteiger partial charge in [0.25, 0.3) is 0 Å². The molecule has 0 saturated carbocycles. The highest BCUT2D eigenvalue weighted by molar-refractivity contribution is 5.60. The zero-order chi connectivity index (χ0) is 11.7. The lowest BCUT2D eigenvalue weighted by Gasteiger charge is -2.27. The maximum absolute atomic E-state index is 11.5. The molecule has 0 N–H and O–H groups in total. The van der Waals surface area contributed by atoms with Crippen molar-refractivity contribution in [1.82, 2.24) is 0 Å². The van der Waals surface area contributed by atoms with Gasteiger partial charge in [0.15, 0.2) is 0 Å². The second-order valence-electron chi connectivity index (χ2n) is 3.00. The van der Waals surface area contributed by atoms with Gasteiger partial charge in [-0.25, -0.2) is 4.79 Å². The van der Waals surface area contributed by atoms with Crippen molar-refractivity contribution >= 4 is 6.16 Å². The van der Waals surface area contributed by atoms with E-state index in [4.69, 9.17) is 9.47 Å². The van der Waals surface area contributed by atoms with E-state index in [1.807, 2.05) is 6.92 Å². The molecule has 0 amide bonds. The van der Waals surface area contributed by atoms with Crippen LogP contribution in [0.2, 0.25) is 0 Å². The summed E-state index contributed by atoms with van der Waals surface area (Å²) in [5.74, 6) is 0.963. The lowest BCUT2D eigenvalue weighted by molar-refractivity contribution is -0.196. The van der Waals surface area contributed by atoms with Crippen LogP contribution >= 0.6 is 0 Å². The Bertz CT molecular complexity index is 256. The van der Waals surface area contributed by atoms with E-state index in [0.29, 0.717) is 6.42 Å². The number of hydrogen-bond acceptors (Lipinski definition) is 4. The highest BCUT2D eigenvalue weighted by Gasteiger charge is 2.29. The molecule has 0 spiro atoms. The van der Waals surface area contributed by atoms with E-state index in [2.05, 4.69) is 10.7 Å². The van der Waals surface area contributed by atoms with Gasteiger partial charge in [0, 0.05) is 13.3 Å². The molecule has 0 bridgehead atoms. The van der Waals surface area contributed by atoms with E-state index in [-0.39, 0.29) is 6.61 Å². The van der Waals surface area contributed by atoms with Crippen molar-refractivity contribution in [3.8, 4) is 12.1 Å². The van der Waals surface area contributed by atoms with Crippen LogP contribution in [0.3, 0.4) is 0 Å². The molecule has 5 heteroatoms. The minimum atomic E-state index is -1.12. The predicted octanol–water partition coefficient (Wildman–Crippen LogP) is 2.23. The first-order valence-corrected chi connectivity index (χ1v) is 4.57. The Kier molecular flexibility index (Phi) is 6.47.